The number of anilines is 1. The summed E-state index contributed by atoms with van der Waals surface area (Å²) in [7, 11) is 1.56. The van der Waals surface area contributed by atoms with E-state index in [0.29, 0.717) is 54.7 Å². The number of amides is 1. The highest BCUT2D eigenvalue weighted by atomic mass is 32.1. The molecule has 5 aromatic rings. The number of fused-ring (bicyclic) bond motifs is 1. The van der Waals surface area contributed by atoms with Crippen molar-refractivity contribution in [3.05, 3.63) is 143 Å². The molecule has 0 radical (unpaired) electrons. The van der Waals surface area contributed by atoms with Gasteiger partial charge in [-0.3, -0.25) is 24.3 Å². The standard InChI is InChI=1S/C32H24N4O6S/c1-19-28(30(37)34-22-10-4-3-5-11-22)29(21-9-7-13-24(17-21)41-2)35-31(38)27(43-32(35)33-19)18-25-14-15-26(42-25)20-8-6-12-23(16-20)36(39)40/h3-18,29H,1-2H3,(H,34,37)/b27-18-/t29-/m0/s1. The Hall–Kier alpha value is -5.55. The molecule has 10 nitrogen and oxygen atoms in total. The van der Waals surface area contributed by atoms with Gasteiger partial charge in [0.1, 0.15) is 17.3 Å². The van der Waals surface area contributed by atoms with Crippen molar-refractivity contribution in [3.63, 3.8) is 0 Å². The molecule has 1 amide bonds. The lowest BCUT2D eigenvalue weighted by molar-refractivity contribution is -0.384. The molecule has 0 aliphatic carbocycles. The van der Waals surface area contributed by atoms with Crippen molar-refractivity contribution in [1.82, 2.24) is 4.57 Å². The van der Waals surface area contributed by atoms with Crippen molar-refractivity contribution in [2.45, 2.75) is 13.0 Å². The monoisotopic (exact) mass is 592 g/mol. The normalized spacial score (nSPS) is 14.7. The Labute approximate surface area is 248 Å². The van der Waals surface area contributed by atoms with Gasteiger partial charge in [0.25, 0.3) is 17.2 Å². The van der Waals surface area contributed by atoms with Crippen LogP contribution in [0.3, 0.4) is 0 Å². The molecule has 11 heteroatoms. The first kappa shape index (κ1) is 27.6. The molecule has 3 aromatic carbocycles. The van der Waals surface area contributed by atoms with E-state index in [2.05, 4.69) is 10.3 Å². The van der Waals surface area contributed by atoms with Crippen molar-refractivity contribution in [2.75, 3.05) is 12.4 Å². The predicted molar refractivity (Wildman–Crippen MR) is 163 cm³/mol. The predicted octanol–water partition coefficient (Wildman–Crippen LogP) is 5.05. The molecule has 0 saturated heterocycles. The van der Waals surface area contributed by atoms with Gasteiger partial charge in [0, 0.05) is 29.5 Å². The smallest absolute Gasteiger partial charge is 0.271 e. The molecule has 214 valence electrons. The van der Waals surface area contributed by atoms with Crippen LogP contribution in [-0.2, 0) is 4.79 Å². The molecule has 43 heavy (non-hydrogen) atoms. The zero-order valence-electron chi connectivity index (χ0n) is 23.0. The summed E-state index contributed by atoms with van der Waals surface area (Å²) in [4.78, 5) is 43.5. The molecule has 2 aromatic heterocycles. The first-order chi connectivity index (χ1) is 20.8. The van der Waals surface area contributed by atoms with Gasteiger partial charge >= 0.3 is 0 Å². The molecule has 0 fully saturated rings. The second-order valence-electron chi connectivity index (χ2n) is 9.69. The summed E-state index contributed by atoms with van der Waals surface area (Å²) in [6.07, 6.45) is 1.61. The molecule has 0 saturated carbocycles. The van der Waals surface area contributed by atoms with Crippen molar-refractivity contribution in [3.8, 4) is 17.1 Å². The van der Waals surface area contributed by atoms with E-state index in [9.17, 15) is 19.7 Å². The number of thiazole rings is 1. The van der Waals surface area contributed by atoms with Crippen LogP contribution in [0.1, 0.15) is 24.3 Å². The number of allylic oxidation sites excluding steroid dienone is 1. The van der Waals surface area contributed by atoms with Crippen LogP contribution in [0.5, 0.6) is 5.75 Å². The molecule has 1 atom stereocenters. The number of hydrogen-bond donors (Lipinski definition) is 1. The van der Waals surface area contributed by atoms with E-state index >= 15 is 0 Å². The molecule has 1 N–H and O–H groups in total. The van der Waals surface area contributed by atoms with E-state index in [1.54, 1.807) is 68.6 Å². The van der Waals surface area contributed by atoms with E-state index in [1.165, 1.54) is 28.0 Å². The number of carbonyl (C=O) groups is 1. The zero-order chi connectivity index (χ0) is 30.1. The van der Waals surface area contributed by atoms with Gasteiger partial charge in [-0.05, 0) is 48.9 Å². The number of rotatable bonds is 7. The number of ether oxygens (including phenoxy) is 1. The Balaban J connectivity index is 1.45. The lowest BCUT2D eigenvalue weighted by atomic mass is 9.95. The van der Waals surface area contributed by atoms with Crippen LogP contribution < -0.4 is 24.9 Å². The highest BCUT2D eigenvalue weighted by Gasteiger charge is 2.33. The van der Waals surface area contributed by atoms with Crippen molar-refractivity contribution in [1.29, 1.82) is 0 Å². The number of para-hydroxylation sites is 1. The second kappa shape index (κ2) is 11.4. The van der Waals surface area contributed by atoms with Gasteiger partial charge in [-0.25, -0.2) is 4.99 Å². The number of hydrogen-bond acceptors (Lipinski definition) is 8. The number of methoxy groups -OCH3 is 1. The maximum atomic E-state index is 14.0. The van der Waals surface area contributed by atoms with E-state index in [0.717, 1.165) is 0 Å². The Bertz CT molecular complexity index is 2090. The number of non-ortho nitro benzene ring substituents is 1. The lowest BCUT2D eigenvalue weighted by Gasteiger charge is -2.25. The number of nitro benzene ring substituents is 1. The van der Waals surface area contributed by atoms with E-state index < -0.39 is 11.0 Å². The van der Waals surface area contributed by atoms with Crippen molar-refractivity contribution < 1.29 is 18.9 Å². The lowest BCUT2D eigenvalue weighted by Crippen LogP contribution is -2.40. The summed E-state index contributed by atoms with van der Waals surface area (Å²) in [6, 6.07) is 25.1. The van der Waals surface area contributed by atoms with Gasteiger partial charge in [-0.15, -0.1) is 0 Å². The van der Waals surface area contributed by atoms with Crippen LogP contribution in [0.2, 0.25) is 0 Å². The maximum absolute atomic E-state index is 14.0. The SMILES string of the molecule is COc1cccc([C@H]2C(C(=O)Nc3ccccc3)=C(C)N=c3s/c(=C\c4ccc(-c5cccc([N+](=O)[O-])c5)o4)c(=O)n32)c1. The number of benzene rings is 3. The minimum atomic E-state index is -0.769. The van der Waals surface area contributed by atoms with Gasteiger partial charge in [0.2, 0.25) is 0 Å². The zero-order valence-corrected chi connectivity index (χ0v) is 23.8. The Morgan fingerprint density at radius 2 is 1.86 bits per heavy atom. The quantitative estimate of drug-likeness (QED) is 0.208. The minimum absolute atomic E-state index is 0.0521. The van der Waals surface area contributed by atoms with E-state index in [4.69, 9.17) is 9.15 Å². The highest BCUT2D eigenvalue weighted by molar-refractivity contribution is 7.07. The van der Waals surface area contributed by atoms with E-state index in [-0.39, 0.29) is 17.2 Å². The van der Waals surface area contributed by atoms with Crippen molar-refractivity contribution in [2.24, 2.45) is 4.99 Å². The summed E-state index contributed by atoms with van der Waals surface area (Å²) in [5.74, 6) is 1.03. The molecule has 6 rings (SSSR count). The molecule has 3 heterocycles. The summed E-state index contributed by atoms with van der Waals surface area (Å²) in [6.45, 7) is 1.75. The third-order valence-corrected chi connectivity index (χ3v) is 7.93. The van der Waals surface area contributed by atoms with Crippen LogP contribution in [-0.4, -0.2) is 22.5 Å². The Kier molecular flexibility index (Phi) is 7.31. The fourth-order valence-corrected chi connectivity index (χ4v) is 5.97. The highest BCUT2D eigenvalue weighted by Crippen LogP contribution is 2.32. The molecule has 0 bridgehead atoms. The summed E-state index contributed by atoms with van der Waals surface area (Å²) in [5, 5.41) is 14.1. The molecular formula is C32H24N4O6S. The third-order valence-electron chi connectivity index (χ3n) is 6.95. The second-order valence-corrected chi connectivity index (χ2v) is 10.7. The van der Waals surface area contributed by atoms with Crippen LogP contribution in [0.4, 0.5) is 11.4 Å². The molecule has 0 spiro atoms. The summed E-state index contributed by atoms with van der Waals surface area (Å²) < 4.78 is 13.3. The number of furan rings is 1. The Morgan fingerprint density at radius 3 is 2.63 bits per heavy atom. The van der Waals surface area contributed by atoms with Crippen LogP contribution in [0.15, 0.2) is 116 Å². The number of aromatic nitrogens is 1. The van der Waals surface area contributed by atoms with Gasteiger partial charge in [0.05, 0.1) is 33.9 Å². The van der Waals surface area contributed by atoms with Crippen LogP contribution in [0.25, 0.3) is 17.4 Å². The molecule has 1 aliphatic heterocycles. The summed E-state index contributed by atoms with van der Waals surface area (Å²) >= 11 is 1.18. The van der Waals surface area contributed by atoms with Crippen LogP contribution in [0, 0.1) is 10.1 Å². The topological polar surface area (TPSA) is 129 Å². The number of nitrogens with one attached hydrogen (secondary N) is 1. The van der Waals surface area contributed by atoms with Gasteiger partial charge in [0.15, 0.2) is 4.80 Å². The number of carbonyl (C=O) groups excluding carboxylic acids is 1. The largest absolute Gasteiger partial charge is 0.497 e. The van der Waals surface area contributed by atoms with E-state index in [1.807, 2.05) is 30.3 Å². The number of nitrogens with zero attached hydrogens (tertiary/aromatic N) is 3. The first-order valence-electron chi connectivity index (χ1n) is 13.2. The average Bonchev–Trinajstić information content (AvgIpc) is 3.61. The first-order valence-corrected chi connectivity index (χ1v) is 14.0. The minimum Gasteiger partial charge on any atom is -0.497 e. The summed E-state index contributed by atoms with van der Waals surface area (Å²) in [5.41, 5.74) is 2.27. The molecular weight excluding hydrogens is 568 g/mol. The third kappa shape index (κ3) is 5.41. The van der Waals surface area contributed by atoms with Gasteiger partial charge < -0.3 is 14.5 Å². The molecule has 1 aliphatic rings. The maximum Gasteiger partial charge on any atom is 0.271 e. The average molecular weight is 593 g/mol. The fraction of sp³-hybridized carbons (Fsp3) is 0.0938. The number of nitro groups is 1. The fourth-order valence-electron chi connectivity index (χ4n) is 4.95. The van der Waals surface area contributed by atoms with Crippen molar-refractivity contribution >= 4 is 34.7 Å². The van der Waals surface area contributed by atoms with Gasteiger partial charge in [-0.1, -0.05) is 53.8 Å². The van der Waals surface area contributed by atoms with Crippen LogP contribution >= 0.6 is 11.3 Å². The molecule has 0 unspecified atom stereocenters. The Morgan fingerprint density at radius 1 is 1.07 bits per heavy atom. The van der Waals surface area contributed by atoms with Gasteiger partial charge in [-0.2, -0.15) is 0 Å².